The van der Waals surface area contributed by atoms with Crippen LogP contribution in [-0.4, -0.2) is 29.3 Å². The van der Waals surface area contributed by atoms with Crippen molar-refractivity contribution >= 4 is 0 Å². The third-order valence-electron chi connectivity index (χ3n) is 4.31. The Morgan fingerprint density at radius 3 is 2.75 bits per heavy atom. The van der Waals surface area contributed by atoms with E-state index in [2.05, 4.69) is 16.9 Å². The van der Waals surface area contributed by atoms with Crippen molar-refractivity contribution < 1.29 is 14.6 Å². The molecule has 1 aliphatic carbocycles. The second kappa shape index (κ2) is 6.39. The van der Waals surface area contributed by atoms with E-state index in [1.807, 2.05) is 0 Å². The summed E-state index contributed by atoms with van der Waals surface area (Å²) in [7, 11) is 3.08. The van der Waals surface area contributed by atoms with Crippen LogP contribution in [0.3, 0.4) is 0 Å². The van der Waals surface area contributed by atoms with Crippen molar-refractivity contribution in [2.45, 2.75) is 51.0 Å². The topological polar surface area (TPSA) is 64.5 Å². The lowest BCUT2D eigenvalue weighted by Gasteiger charge is -2.27. The molecule has 1 heterocycles. The van der Waals surface area contributed by atoms with Crippen LogP contribution in [0.4, 0.5) is 0 Å². The number of methoxy groups -OCH3 is 2. The Morgan fingerprint density at radius 2 is 2.10 bits per heavy atom. The van der Waals surface area contributed by atoms with Crippen LogP contribution in [0.25, 0.3) is 0 Å². The molecule has 1 aromatic heterocycles. The van der Waals surface area contributed by atoms with Gasteiger partial charge in [0.1, 0.15) is 11.3 Å². The summed E-state index contributed by atoms with van der Waals surface area (Å²) >= 11 is 0. The van der Waals surface area contributed by atoms with Gasteiger partial charge >= 0.3 is 0 Å². The van der Waals surface area contributed by atoms with E-state index in [1.54, 1.807) is 7.11 Å². The zero-order chi connectivity index (χ0) is 14.6. The summed E-state index contributed by atoms with van der Waals surface area (Å²) < 4.78 is 10.3. The molecule has 1 aromatic rings. The Bertz CT molecular complexity index is 453. The highest BCUT2D eigenvalue weighted by molar-refractivity contribution is 5.28. The van der Waals surface area contributed by atoms with Gasteiger partial charge in [-0.3, -0.25) is 0 Å². The molecule has 0 spiro atoms. The molecule has 2 unspecified atom stereocenters. The summed E-state index contributed by atoms with van der Waals surface area (Å²) in [6.45, 7) is 2.21. The van der Waals surface area contributed by atoms with Crippen molar-refractivity contribution in [1.82, 2.24) is 9.97 Å². The second-order valence-corrected chi connectivity index (χ2v) is 5.51. The average Bonchev–Trinajstić information content (AvgIpc) is 2.69. The van der Waals surface area contributed by atoms with Crippen LogP contribution >= 0.6 is 0 Å². The van der Waals surface area contributed by atoms with Gasteiger partial charge < -0.3 is 14.6 Å². The van der Waals surface area contributed by atoms with Gasteiger partial charge in [0.05, 0.1) is 20.4 Å². The quantitative estimate of drug-likeness (QED) is 0.859. The molecular weight excluding hydrogens is 256 g/mol. The van der Waals surface area contributed by atoms with E-state index in [0.29, 0.717) is 36.2 Å². The first-order valence-electron chi connectivity index (χ1n) is 7.31. The summed E-state index contributed by atoms with van der Waals surface area (Å²) in [5.74, 6) is 1.46. The minimum atomic E-state index is -0.936. The SMILES string of the molecule is CCC1CCCC(O)(c2ncc(OC)nc2OC)CC1. The van der Waals surface area contributed by atoms with Gasteiger partial charge in [0.2, 0.25) is 11.8 Å². The third kappa shape index (κ3) is 3.03. The van der Waals surface area contributed by atoms with E-state index in [4.69, 9.17) is 9.47 Å². The highest BCUT2D eigenvalue weighted by Gasteiger charge is 2.37. The number of rotatable bonds is 4. The lowest BCUT2D eigenvalue weighted by atomic mass is 9.89. The van der Waals surface area contributed by atoms with E-state index >= 15 is 0 Å². The molecule has 1 N–H and O–H groups in total. The summed E-state index contributed by atoms with van der Waals surface area (Å²) in [5, 5.41) is 11.0. The van der Waals surface area contributed by atoms with Crippen LogP contribution in [0.15, 0.2) is 6.20 Å². The smallest absolute Gasteiger partial charge is 0.241 e. The van der Waals surface area contributed by atoms with Crippen LogP contribution in [0.2, 0.25) is 0 Å². The molecule has 5 heteroatoms. The van der Waals surface area contributed by atoms with E-state index in [0.717, 1.165) is 12.8 Å². The molecule has 0 aliphatic heterocycles. The van der Waals surface area contributed by atoms with Gasteiger partial charge in [-0.05, 0) is 31.6 Å². The Kier molecular flexibility index (Phi) is 4.81. The van der Waals surface area contributed by atoms with E-state index in [1.165, 1.54) is 26.1 Å². The summed E-state index contributed by atoms with van der Waals surface area (Å²) in [4.78, 5) is 8.58. The van der Waals surface area contributed by atoms with Crippen LogP contribution < -0.4 is 9.47 Å². The molecule has 1 saturated carbocycles. The van der Waals surface area contributed by atoms with Crippen LogP contribution in [-0.2, 0) is 5.60 Å². The van der Waals surface area contributed by atoms with Crippen molar-refractivity contribution in [3.63, 3.8) is 0 Å². The molecular formula is C15H24N2O3. The fourth-order valence-corrected chi connectivity index (χ4v) is 2.96. The first kappa shape index (κ1) is 15.0. The molecule has 5 nitrogen and oxygen atoms in total. The molecule has 0 radical (unpaired) electrons. The van der Waals surface area contributed by atoms with Crippen LogP contribution in [0.1, 0.15) is 51.1 Å². The fraction of sp³-hybridized carbons (Fsp3) is 0.733. The molecule has 0 saturated heterocycles. The van der Waals surface area contributed by atoms with Gasteiger partial charge in [-0.2, -0.15) is 4.98 Å². The van der Waals surface area contributed by atoms with Crippen molar-refractivity contribution in [1.29, 1.82) is 0 Å². The zero-order valence-corrected chi connectivity index (χ0v) is 12.6. The Morgan fingerprint density at radius 1 is 1.30 bits per heavy atom. The summed E-state index contributed by atoms with van der Waals surface area (Å²) in [5.41, 5.74) is -0.397. The predicted octanol–water partition coefficient (Wildman–Crippen LogP) is 2.67. The molecule has 0 bridgehead atoms. The van der Waals surface area contributed by atoms with Gasteiger partial charge in [0, 0.05) is 0 Å². The minimum absolute atomic E-state index is 0.363. The standard InChI is InChI=1S/C15H24N2O3/c1-4-11-6-5-8-15(18,9-7-11)13-14(20-3)17-12(19-2)10-16-13/h10-11,18H,4-9H2,1-3H3. The predicted molar refractivity (Wildman–Crippen MR) is 75.9 cm³/mol. The van der Waals surface area contributed by atoms with E-state index in [-0.39, 0.29) is 0 Å². The zero-order valence-electron chi connectivity index (χ0n) is 12.6. The first-order chi connectivity index (χ1) is 9.62. The van der Waals surface area contributed by atoms with Crippen LogP contribution in [0.5, 0.6) is 11.8 Å². The number of aromatic nitrogens is 2. The van der Waals surface area contributed by atoms with Crippen LogP contribution in [0, 0.1) is 5.92 Å². The Labute approximate surface area is 120 Å². The summed E-state index contributed by atoms with van der Waals surface area (Å²) in [6.07, 6.45) is 7.32. The maximum atomic E-state index is 11.0. The van der Waals surface area contributed by atoms with Crippen molar-refractivity contribution in [3.05, 3.63) is 11.9 Å². The largest absolute Gasteiger partial charge is 0.480 e. The van der Waals surface area contributed by atoms with Gasteiger partial charge in [-0.15, -0.1) is 0 Å². The van der Waals surface area contributed by atoms with Gasteiger partial charge in [-0.25, -0.2) is 4.98 Å². The van der Waals surface area contributed by atoms with Crippen molar-refractivity contribution in [3.8, 4) is 11.8 Å². The number of ether oxygens (including phenoxy) is 2. The molecule has 112 valence electrons. The normalized spacial score (nSPS) is 26.9. The number of nitrogens with zero attached hydrogens (tertiary/aromatic N) is 2. The number of hydrogen-bond donors (Lipinski definition) is 1. The highest BCUT2D eigenvalue weighted by Crippen LogP contribution is 2.40. The lowest BCUT2D eigenvalue weighted by Crippen LogP contribution is -2.27. The van der Waals surface area contributed by atoms with Crippen molar-refractivity contribution in [2.24, 2.45) is 5.92 Å². The number of aliphatic hydroxyl groups is 1. The number of hydrogen-bond acceptors (Lipinski definition) is 5. The monoisotopic (exact) mass is 280 g/mol. The maximum Gasteiger partial charge on any atom is 0.241 e. The first-order valence-corrected chi connectivity index (χ1v) is 7.31. The van der Waals surface area contributed by atoms with Gasteiger partial charge in [0.15, 0.2) is 0 Å². The minimum Gasteiger partial charge on any atom is -0.480 e. The molecule has 0 amide bonds. The lowest BCUT2D eigenvalue weighted by molar-refractivity contribution is 0.0122. The molecule has 2 rings (SSSR count). The summed E-state index contributed by atoms with van der Waals surface area (Å²) in [6, 6.07) is 0. The van der Waals surface area contributed by atoms with Gasteiger partial charge in [0.25, 0.3) is 0 Å². The van der Waals surface area contributed by atoms with E-state index in [9.17, 15) is 5.11 Å². The van der Waals surface area contributed by atoms with Crippen molar-refractivity contribution in [2.75, 3.05) is 14.2 Å². The molecule has 1 aliphatic rings. The third-order valence-corrected chi connectivity index (χ3v) is 4.31. The Balaban J connectivity index is 2.28. The Hall–Kier alpha value is -1.36. The van der Waals surface area contributed by atoms with Gasteiger partial charge in [-0.1, -0.05) is 19.8 Å². The van der Waals surface area contributed by atoms with E-state index < -0.39 is 5.60 Å². The highest BCUT2D eigenvalue weighted by atomic mass is 16.5. The average molecular weight is 280 g/mol. The molecule has 20 heavy (non-hydrogen) atoms. The molecule has 2 atom stereocenters. The fourth-order valence-electron chi connectivity index (χ4n) is 2.96. The molecule has 1 fully saturated rings. The second-order valence-electron chi connectivity index (χ2n) is 5.51. The maximum absolute atomic E-state index is 11.0. The molecule has 0 aromatic carbocycles.